The van der Waals surface area contributed by atoms with Gasteiger partial charge in [-0.2, -0.15) is 11.8 Å². The third-order valence-electron chi connectivity index (χ3n) is 2.85. The first-order valence-electron chi connectivity index (χ1n) is 5.87. The highest BCUT2D eigenvalue weighted by atomic mass is 32.2. The maximum Gasteiger partial charge on any atom is 0.250 e. The van der Waals surface area contributed by atoms with Crippen molar-refractivity contribution < 1.29 is 8.42 Å². The summed E-state index contributed by atoms with van der Waals surface area (Å²) in [6.07, 6.45) is 0.928. The van der Waals surface area contributed by atoms with Gasteiger partial charge in [0.15, 0.2) is 0 Å². The van der Waals surface area contributed by atoms with Gasteiger partial charge in [-0.15, -0.1) is 11.3 Å². The zero-order chi connectivity index (χ0) is 13.2. The quantitative estimate of drug-likeness (QED) is 0.867. The lowest BCUT2D eigenvalue weighted by Crippen LogP contribution is -2.34. The van der Waals surface area contributed by atoms with Crippen molar-refractivity contribution in [1.82, 2.24) is 10.0 Å². The largest absolute Gasteiger partial charge is 0.315 e. The number of hydrogen-bond donors (Lipinski definition) is 2. The van der Waals surface area contributed by atoms with Gasteiger partial charge in [0.2, 0.25) is 10.0 Å². The maximum absolute atomic E-state index is 12.2. The van der Waals surface area contributed by atoms with E-state index in [0.29, 0.717) is 10.8 Å². The van der Waals surface area contributed by atoms with Crippen molar-refractivity contribution in [3.8, 4) is 0 Å². The van der Waals surface area contributed by atoms with E-state index in [2.05, 4.69) is 10.0 Å². The molecule has 4 nitrogen and oxygen atoms in total. The van der Waals surface area contributed by atoms with Gasteiger partial charge in [0.1, 0.15) is 4.21 Å². The number of thiophene rings is 1. The predicted octanol–water partition coefficient (Wildman–Crippen LogP) is 1.56. The fraction of sp³-hybridized carbons (Fsp3) is 0.636. The third kappa shape index (κ3) is 3.27. The molecule has 2 heterocycles. The molecular formula is C11H18N2O2S3. The smallest absolute Gasteiger partial charge is 0.250 e. The second-order valence-corrected chi connectivity index (χ2v) is 8.61. The Morgan fingerprint density at radius 3 is 2.89 bits per heavy atom. The highest BCUT2D eigenvalue weighted by Gasteiger charge is 2.25. The Morgan fingerprint density at radius 1 is 1.50 bits per heavy atom. The van der Waals surface area contributed by atoms with Crippen molar-refractivity contribution in [1.29, 1.82) is 0 Å². The van der Waals surface area contributed by atoms with Crippen LogP contribution in [0, 0.1) is 6.92 Å². The molecule has 0 saturated carbocycles. The minimum Gasteiger partial charge on any atom is -0.315 e. The number of thioether (sulfide) groups is 1. The van der Waals surface area contributed by atoms with Crippen LogP contribution in [0.2, 0.25) is 0 Å². The van der Waals surface area contributed by atoms with E-state index in [4.69, 9.17) is 0 Å². The van der Waals surface area contributed by atoms with Crippen molar-refractivity contribution in [2.45, 2.75) is 30.1 Å². The SMILES string of the molecule is CNCc1sc(S(=O)(=O)NC2CCSC2)cc1C. The van der Waals surface area contributed by atoms with E-state index in [1.54, 1.807) is 17.8 Å². The van der Waals surface area contributed by atoms with E-state index in [0.717, 1.165) is 28.4 Å². The summed E-state index contributed by atoms with van der Waals surface area (Å²) in [4.78, 5) is 1.08. The minimum atomic E-state index is -3.34. The molecule has 18 heavy (non-hydrogen) atoms. The fourth-order valence-corrected chi connectivity index (χ4v) is 6.01. The summed E-state index contributed by atoms with van der Waals surface area (Å²) in [7, 11) is -1.47. The van der Waals surface area contributed by atoms with E-state index in [9.17, 15) is 8.42 Å². The molecular weight excluding hydrogens is 288 g/mol. The Balaban J connectivity index is 2.15. The lowest BCUT2D eigenvalue weighted by molar-refractivity contribution is 0.565. The Labute approximate surface area is 117 Å². The molecule has 0 amide bonds. The average Bonchev–Trinajstić information content (AvgIpc) is 2.90. The molecule has 1 aliphatic rings. The fourth-order valence-electron chi connectivity index (χ4n) is 1.86. The zero-order valence-electron chi connectivity index (χ0n) is 10.5. The van der Waals surface area contributed by atoms with Crippen LogP contribution in [0.5, 0.6) is 0 Å². The third-order valence-corrected chi connectivity index (χ3v) is 7.25. The van der Waals surface area contributed by atoms with Crippen LogP contribution in [0.3, 0.4) is 0 Å². The van der Waals surface area contributed by atoms with Crippen molar-refractivity contribution in [3.63, 3.8) is 0 Å². The average molecular weight is 306 g/mol. The zero-order valence-corrected chi connectivity index (χ0v) is 13.0. The monoisotopic (exact) mass is 306 g/mol. The molecule has 0 radical (unpaired) electrons. The number of sulfonamides is 1. The molecule has 1 aliphatic heterocycles. The van der Waals surface area contributed by atoms with Gasteiger partial charge in [-0.3, -0.25) is 0 Å². The molecule has 1 aromatic rings. The Kier molecular flexibility index (Phi) is 4.71. The van der Waals surface area contributed by atoms with E-state index >= 15 is 0 Å². The van der Waals surface area contributed by atoms with E-state index < -0.39 is 10.0 Å². The maximum atomic E-state index is 12.2. The molecule has 0 spiro atoms. The van der Waals surface area contributed by atoms with E-state index in [1.165, 1.54) is 11.3 Å². The molecule has 1 atom stereocenters. The van der Waals surface area contributed by atoms with E-state index in [1.807, 2.05) is 14.0 Å². The first kappa shape index (κ1) is 14.3. The normalized spacial score (nSPS) is 20.4. The standard InChI is InChI=1S/C11H18N2O2S3/c1-8-5-11(17-10(8)6-12-2)18(14,15)13-9-3-4-16-7-9/h5,9,12-13H,3-4,6-7H2,1-2H3. The number of nitrogens with one attached hydrogen (secondary N) is 2. The summed E-state index contributed by atoms with van der Waals surface area (Å²) in [5, 5.41) is 3.05. The molecule has 1 saturated heterocycles. The molecule has 0 aromatic carbocycles. The van der Waals surface area contributed by atoms with Crippen LogP contribution >= 0.6 is 23.1 Å². The number of aryl methyl sites for hydroxylation is 1. The highest BCUT2D eigenvalue weighted by molar-refractivity contribution is 7.99. The van der Waals surface area contributed by atoms with Crippen molar-refractivity contribution >= 4 is 33.1 Å². The molecule has 0 aliphatic carbocycles. The number of rotatable bonds is 5. The van der Waals surface area contributed by atoms with Crippen LogP contribution in [0.4, 0.5) is 0 Å². The van der Waals surface area contributed by atoms with Gasteiger partial charge in [-0.1, -0.05) is 0 Å². The minimum absolute atomic E-state index is 0.0927. The van der Waals surface area contributed by atoms with Crippen molar-refractivity contribution in [3.05, 3.63) is 16.5 Å². The molecule has 1 fully saturated rings. The number of hydrogen-bond acceptors (Lipinski definition) is 5. The predicted molar refractivity (Wildman–Crippen MR) is 77.9 cm³/mol. The molecule has 102 valence electrons. The first-order chi connectivity index (χ1) is 8.53. The summed E-state index contributed by atoms with van der Waals surface area (Å²) in [6, 6.07) is 1.86. The Hall–Kier alpha value is -0.0800. The van der Waals surface area contributed by atoms with Crippen LogP contribution in [-0.4, -0.2) is 33.0 Å². The Morgan fingerprint density at radius 2 is 2.28 bits per heavy atom. The van der Waals surface area contributed by atoms with Crippen molar-refractivity contribution in [2.24, 2.45) is 0 Å². The van der Waals surface area contributed by atoms with Gasteiger partial charge < -0.3 is 5.32 Å². The lowest BCUT2D eigenvalue weighted by atomic mass is 10.3. The topological polar surface area (TPSA) is 58.2 Å². The lowest BCUT2D eigenvalue weighted by Gasteiger charge is -2.10. The second kappa shape index (κ2) is 5.92. The molecule has 2 rings (SSSR count). The van der Waals surface area contributed by atoms with Crippen molar-refractivity contribution in [2.75, 3.05) is 18.6 Å². The molecule has 2 N–H and O–H groups in total. The van der Waals surface area contributed by atoms with Gasteiger partial charge >= 0.3 is 0 Å². The summed E-state index contributed by atoms with van der Waals surface area (Å²) in [6.45, 7) is 2.67. The summed E-state index contributed by atoms with van der Waals surface area (Å²) >= 11 is 3.16. The van der Waals surface area contributed by atoms with Crippen LogP contribution in [0.15, 0.2) is 10.3 Å². The molecule has 1 unspecified atom stereocenters. The molecule has 0 bridgehead atoms. The van der Waals surface area contributed by atoms with Crippen LogP contribution < -0.4 is 10.0 Å². The molecule has 1 aromatic heterocycles. The van der Waals surface area contributed by atoms with Gasteiger partial charge in [0.25, 0.3) is 0 Å². The molecule has 7 heteroatoms. The van der Waals surface area contributed by atoms with Gasteiger partial charge in [-0.05, 0) is 37.8 Å². The second-order valence-electron chi connectivity index (χ2n) is 4.38. The summed E-state index contributed by atoms with van der Waals surface area (Å²) in [5.41, 5.74) is 1.04. The summed E-state index contributed by atoms with van der Waals surface area (Å²) in [5.74, 6) is 1.93. The highest BCUT2D eigenvalue weighted by Crippen LogP contribution is 2.27. The van der Waals surface area contributed by atoms with Gasteiger partial charge in [-0.25, -0.2) is 13.1 Å². The summed E-state index contributed by atoms with van der Waals surface area (Å²) < 4.78 is 27.7. The Bertz CT molecular complexity index is 504. The van der Waals surface area contributed by atoms with Gasteiger partial charge in [0, 0.05) is 23.2 Å². The van der Waals surface area contributed by atoms with E-state index in [-0.39, 0.29) is 6.04 Å². The van der Waals surface area contributed by atoms with Gasteiger partial charge in [0.05, 0.1) is 0 Å². The van der Waals surface area contributed by atoms with Crippen LogP contribution in [0.25, 0.3) is 0 Å². The first-order valence-corrected chi connectivity index (χ1v) is 9.32. The van der Waals surface area contributed by atoms with Crippen LogP contribution in [0.1, 0.15) is 16.9 Å². The van der Waals surface area contributed by atoms with Crippen LogP contribution in [-0.2, 0) is 16.6 Å².